The van der Waals surface area contributed by atoms with Gasteiger partial charge in [-0.1, -0.05) is 12.1 Å². The molecule has 0 radical (unpaired) electrons. The Morgan fingerprint density at radius 2 is 1.94 bits per heavy atom. The molecule has 180 valence electrons. The number of aromatic nitrogens is 3. The number of aryl methyl sites for hydroxylation is 1. The average molecular weight is 469 g/mol. The molecule has 2 atom stereocenters. The molecule has 4 aromatic rings. The number of piperidine rings is 1. The van der Waals surface area contributed by atoms with Gasteiger partial charge in [0, 0.05) is 55.1 Å². The van der Waals surface area contributed by atoms with Crippen LogP contribution in [0.4, 0.5) is 5.69 Å². The van der Waals surface area contributed by atoms with Crippen molar-refractivity contribution in [2.45, 2.75) is 38.3 Å². The Hall–Kier alpha value is -3.71. The number of benzene rings is 1. The number of primary amides is 1. The Morgan fingerprint density at radius 3 is 2.60 bits per heavy atom. The number of nitrogens with zero attached hydrogens (tertiary/aromatic N) is 4. The van der Waals surface area contributed by atoms with Crippen LogP contribution in [-0.2, 0) is 13.6 Å². The van der Waals surface area contributed by atoms with Gasteiger partial charge in [0.1, 0.15) is 5.65 Å². The number of hydrogen-bond acceptors (Lipinski definition) is 5. The van der Waals surface area contributed by atoms with Gasteiger partial charge in [0.2, 0.25) is 5.91 Å². The van der Waals surface area contributed by atoms with Crippen LogP contribution in [0.25, 0.3) is 22.3 Å². The molecule has 1 fully saturated rings. The van der Waals surface area contributed by atoms with Gasteiger partial charge in [-0.05, 0) is 74.2 Å². The molecule has 0 spiro atoms. The fraction of sp³-hybridized carbons (Fsp3) is 0.321. The van der Waals surface area contributed by atoms with Crippen LogP contribution < -0.4 is 11.1 Å². The van der Waals surface area contributed by atoms with Gasteiger partial charge in [0.25, 0.3) is 0 Å². The summed E-state index contributed by atoms with van der Waals surface area (Å²) in [5, 5.41) is 4.25. The molecule has 7 nitrogen and oxygen atoms in total. The maximum absolute atomic E-state index is 11.4. The van der Waals surface area contributed by atoms with Crippen LogP contribution in [0.1, 0.15) is 47.3 Å². The maximum atomic E-state index is 11.4. The van der Waals surface area contributed by atoms with Crippen LogP contribution in [0, 0.1) is 0 Å². The fourth-order valence-electron chi connectivity index (χ4n) is 5.23. The Bertz CT molecular complexity index is 1340. The lowest BCUT2D eigenvalue weighted by molar-refractivity contribution is 0.1000. The number of nitrogens with one attached hydrogen (secondary N) is 1. The lowest BCUT2D eigenvalue weighted by Gasteiger charge is -2.38. The molecule has 35 heavy (non-hydrogen) atoms. The second-order valence-electron chi connectivity index (χ2n) is 9.50. The van der Waals surface area contributed by atoms with Gasteiger partial charge in [0.15, 0.2) is 0 Å². The van der Waals surface area contributed by atoms with Crippen molar-refractivity contribution in [3.63, 3.8) is 0 Å². The third kappa shape index (κ3) is 4.51. The second kappa shape index (κ2) is 9.50. The molecular formula is C28H32N6O. The molecule has 1 aromatic carbocycles. The van der Waals surface area contributed by atoms with Crippen LogP contribution in [0.5, 0.6) is 0 Å². The largest absolute Gasteiger partial charge is 0.387 e. The zero-order valence-electron chi connectivity index (χ0n) is 20.5. The van der Waals surface area contributed by atoms with E-state index in [2.05, 4.69) is 63.0 Å². The average Bonchev–Trinajstić information content (AvgIpc) is 3.20. The van der Waals surface area contributed by atoms with E-state index in [1.807, 2.05) is 43.7 Å². The topological polar surface area (TPSA) is 89.1 Å². The number of carbonyl (C=O) groups excluding carboxylic acids is 1. The van der Waals surface area contributed by atoms with Crippen molar-refractivity contribution < 1.29 is 4.79 Å². The van der Waals surface area contributed by atoms with E-state index in [1.54, 1.807) is 0 Å². The highest BCUT2D eigenvalue weighted by Gasteiger charge is 2.27. The summed E-state index contributed by atoms with van der Waals surface area (Å²) in [4.78, 5) is 23.3. The molecule has 7 heteroatoms. The normalized spacial score (nSPS) is 18.6. The van der Waals surface area contributed by atoms with Crippen molar-refractivity contribution in [2.75, 3.05) is 18.9 Å². The summed E-state index contributed by atoms with van der Waals surface area (Å²) in [6.45, 7) is 4.22. The van der Waals surface area contributed by atoms with E-state index in [1.165, 1.54) is 11.3 Å². The van der Waals surface area contributed by atoms with Crippen LogP contribution >= 0.6 is 0 Å². The zero-order chi connectivity index (χ0) is 24.5. The monoisotopic (exact) mass is 468 g/mol. The Balaban J connectivity index is 1.34. The fourth-order valence-corrected chi connectivity index (χ4v) is 5.23. The molecule has 0 bridgehead atoms. The van der Waals surface area contributed by atoms with Gasteiger partial charge in [-0.3, -0.25) is 14.7 Å². The van der Waals surface area contributed by atoms with E-state index in [0.717, 1.165) is 53.9 Å². The molecule has 0 aliphatic carbocycles. The maximum Gasteiger partial charge on any atom is 0.248 e. The van der Waals surface area contributed by atoms with E-state index in [9.17, 15) is 4.79 Å². The predicted octanol–water partition coefficient (Wildman–Crippen LogP) is 4.54. The molecule has 5 rings (SSSR count). The number of rotatable bonds is 6. The van der Waals surface area contributed by atoms with E-state index in [4.69, 9.17) is 5.73 Å². The highest BCUT2D eigenvalue weighted by molar-refractivity contribution is 5.93. The first kappa shape index (κ1) is 23.1. The minimum absolute atomic E-state index is 0.377. The molecule has 3 aromatic heterocycles. The SMILES string of the molecule is CNc1ccc(-c2ccnc3c2cc(CN2CC[C@@H](c4ccc(C(N)=O)cc4)C[C@H]2C)n3C)nc1. The van der Waals surface area contributed by atoms with E-state index >= 15 is 0 Å². The molecular weight excluding hydrogens is 436 g/mol. The third-order valence-electron chi connectivity index (χ3n) is 7.40. The van der Waals surface area contributed by atoms with Gasteiger partial charge in [0.05, 0.1) is 17.6 Å². The third-order valence-corrected chi connectivity index (χ3v) is 7.40. The lowest BCUT2D eigenvalue weighted by atomic mass is 9.85. The predicted molar refractivity (Wildman–Crippen MR) is 140 cm³/mol. The van der Waals surface area contributed by atoms with Crippen molar-refractivity contribution in [3.8, 4) is 11.3 Å². The molecule has 4 heterocycles. The number of fused-ring (bicyclic) bond motifs is 1. The van der Waals surface area contributed by atoms with Crippen molar-refractivity contribution in [2.24, 2.45) is 12.8 Å². The summed E-state index contributed by atoms with van der Waals surface area (Å²) in [6.07, 6.45) is 5.91. The smallest absolute Gasteiger partial charge is 0.248 e. The molecule has 0 unspecified atom stereocenters. The quantitative estimate of drug-likeness (QED) is 0.434. The van der Waals surface area contributed by atoms with Crippen LogP contribution in [0.2, 0.25) is 0 Å². The summed E-state index contributed by atoms with van der Waals surface area (Å²) in [5.74, 6) is 0.119. The summed E-state index contributed by atoms with van der Waals surface area (Å²) in [5.41, 5.74) is 12.5. The van der Waals surface area contributed by atoms with Gasteiger partial charge < -0.3 is 15.6 Å². The van der Waals surface area contributed by atoms with Crippen molar-refractivity contribution >= 4 is 22.6 Å². The number of likely N-dealkylation sites (tertiary alicyclic amines) is 1. The van der Waals surface area contributed by atoms with E-state index in [-0.39, 0.29) is 5.91 Å². The molecule has 1 saturated heterocycles. The first-order valence-corrected chi connectivity index (χ1v) is 12.2. The van der Waals surface area contributed by atoms with Crippen molar-refractivity contribution in [1.29, 1.82) is 0 Å². The minimum atomic E-state index is -0.377. The lowest BCUT2D eigenvalue weighted by Crippen LogP contribution is -2.39. The van der Waals surface area contributed by atoms with E-state index < -0.39 is 0 Å². The van der Waals surface area contributed by atoms with Gasteiger partial charge in [-0.25, -0.2) is 4.98 Å². The Morgan fingerprint density at radius 1 is 1.14 bits per heavy atom. The summed E-state index contributed by atoms with van der Waals surface area (Å²) in [6, 6.07) is 16.7. The van der Waals surface area contributed by atoms with E-state index in [0.29, 0.717) is 17.5 Å². The number of hydrogen-bond donors (Lipinski definition) is 2. The summed E-state index contributed by atoms with van der Waals surface area (Å²) >= 11 is 0. The molecule has 1 aliphatic heterocycles. The minimum Gasteiger partial charge on any atom is -0.387 e. The molecule has 3 N–H and O–H groups in total. The number of anilines is 1. The summed E-state index contributed by atoms with van der Waals surface area (Å²) < 4.78 is 2.21. The second-order valence-corrected chi connectivity index (χ2v) is 9.50. The first-order chi connectivity index (χ1) is 16.9. The highest BCUT2D eigenvalue weighted by Crippen LogP contribution is 2.34. The number of amides is 1. The Kier molecular flexibility index (Phi) is 6.26. The zero-order valence-corrected chi connectivity index (χ0v) is 20.5. The van der Waals surface area contributed by atoms with Crippen molar-refractivity contribution in [3.05, 3.63) is 77.7 Å². The summed E-state index contributed by atoms with van der Waals surface area (Å²) in [7, 11) is 4.00. The molecule has 0 saturated carbocycles. The van der Waals surface area contributed by atoms with Crippen LogP contribution in [0.3, 0.4) is 0 Å². The van der Waals surface area contributed by atoms with Crippen molar-refractivity contribution in [1.82, 2.24) is 19.4 Å². The number of carbonyl (C=O) groups is 1. The highest BCUT2D eigenvalue weighted by atomic mass is 16.1. The van der Waals surface area contributed by atoms with Crippen LogP contribution in [-0.4, -0.2) is 45.0 Å². The van der Waals surface area contributed by atoms with Gasteiger partial charge >= 0.3 is 0 Å². The van der Waals surface area contributed by atoms with Crippen LogP contribution in [0.15, 0.2) is 60.9 Å². The van der Waals surface area contributed by atoms with Gasteiger partial charge in [-0.15, -0.1) is 0 Å². The number of pyridine rings is 2. The van der Waals surface area contributed by atoms with Gasteiger partial charge in [-0.2, -0.15) is 0 Å². The Labute approximate surface area is 206 Å². The standard InChI is InChI=1S/C28H32N6O/c1-18-14-21(19-4-6-20(7-5-19)27(29)35)11-13-34(18)17-23-15-25-24(10-12-31-28(25)33(23)3)26-9-8-22(30-2)16-32-26/h4-10,12,15-16,18,21,30H,11,13-14,17H2,1-3H3,(H2,29,35)/t18-,21-/m1/s1. The molecule has 1 amide bonds. The number of nitrogens with two attached hydrogens (primary N) is 1. The molecule has 1 aliphatic rings. The first-order valence-electron chi connectivity index (χ1n) is 12.2.